The lowest BCUT2D eigenvalue weighted by atomic mass is 10.2. The second-order valence-corrected chi connectivity index (χ2v) is 5.48. The average Bonchev–Trinajstić information content (AvgIpc) is 3.01. The summed E-state index contributed by atoms with van der Waals surface area (Å²) in [6.07, 6.45) is -4.33. The van der Waals surface area contributed by atoms with Gasteiger partial charge in [0, 0.05) is 39.5 Å². The number of aryl methyl sites for hydroxylation is 1. The van der Waals surface area contributed by atoms with E-state index in [9.17, 15) is 18.0 Å². The molecule has 1 unspecified atom stereocenters. The Hall–Kier alpha value is -1.64. The average molecular weight is 320 g/mol. The highest BCUT2D eigenvalue weighted by atomic mass is 19.4. The Labute approximate surface area is 126 Å². The van der Waals surface area contributed by atoms with Crippen LogP contribution in [0, 0.1) is 6.92 Å². The first kappa shape index (κ1) is 16.7. The molecule has 22 heavy (non-hydrogen) atoms. The molecular weight excluding hydrogens is 301 g/mol. The second kappa shape index (κ2) is 6.64. The van der Waals surface area contributed by atoms with Gasteiger partial charge in [0.15, 0.2) is 5.82 Å². The van der Waals surface area contributed by atoms with Crippen LogP contribution in [0.3, 0.4) is 0 Å². The number of rotatable bonds is 5. The maximum atomic E-state index is 12.3. The minimum Gasteiger partial charge on any atom is -0.340 e. The molecule has 0 bridgehead atoms. The van der Waals surface area contributed by atoms with Crippen molar-refractivity contribution in [3.05, 3.63) is 11.7 Å². The molecule has 1 saturated heterocycles. The van der Waals surface area contributed by atoms with Gasteiger partial charge in [-0.1, -0.05) is 5.16 Å². The zero-order valence-corrected chi connectivity index (χ0v) is 12.6. The van der Waals surface area contributed by atoms with Crippen LogP contribution >= 0.6 is 0 Å². The van der Waals surface area contributed by atoms with Crippen LogP contribution in [0.4, 0.5) is 13.2 Å². The number of halogens is 3. The SMILES string of the molecule is CC(=O)N(Cc1noc(C)n1)C1CCN(CCC(F)(F)F)C1. The van der Waals surface area contributed by atoms with Crippen LogP contribution in [-0.4, -0.2) is 57.7 Å². The van der Waals surface area contributed by atoms with Crippen LogP contribution in [0.15, 0.2) is 4.52 Å². The van der Waals surface area contributed by atoms with Gasteiger partial charge in [-0.2, -0.15) is 18.2 Å². The third-order valence-electron chi connectivity index (χ3n) is 3.69. The Morgan fingerprint density at radius 3 is 2.77 bits per heavy atom. The van der Waals surface area contributed by atoms with Crippen molar-refractivity contribution in [3.8, 4) is 0 Å². The number of nitrogens with zero attached hydrogens (tertiary/aromatic N) is 4. The zero-order chi connectivity index (χ0) is 16.3. The number of aromatic nitrogens is 2. The molecule has 0 spiro atoms. The van der Waals surface area contributed by atoms with Crippen LogP contribution in [0.2, 0.25) is 0 Å². The van der Waals surface area contributed by atoms with Gasteiger partial charge in [-0.25, -0.2) is 0 Å². The molecule has 1 aliphatic heterocycles. The van der Waals surface area contributed by atoms with Gasteiger partial charge < -0.3 is 14.3 Å². The van der Waals surface area contributed by atoms with E-state index < -0.39 is 12.6 Å². The van der Waals surface area contributed by atoms with Gasteiger partial charge in [0.05, 0.1) is 13.0 Å². The standard InChI is InChI=1S/C13H19F3N4O2/c1-9-17-12(18-22-9)8-20(10(2)21)11-3-5-19(7-11)6-4-13(14,15)16/h11H,3-8H2,1-2H3. The molecule has 6 nitrogen and oxygen atoms in total. The molecule has 2 rings (SSSR count). The summed E-state index contributed by atoms with van der Waals surface area (Å²) in [5.41, 5.74) is 0. The van der Waals surface area contributed by atoms with Crippen molar-refractivity contribution >= 4 is 5.91 Å². The van der Waals surface area contributed by atoms with Gasteiger partial charge >= 0.3 is 6.18 Å². The number of hydrogen-bond acceptors (Lipinski definition) is 5. The van der Waals surface area contributed by atoms with E-state index >= 15 is 0 Å². The number of carbonyl (C=O) groups is 1. The molecule has 0 radical (unpaired) electrons. The molecule has 124 valence electrons. The maximum absolute atomic E-state index is 12.3. The fourth-order valence-electron chi connectivity index (χ4n) is 2.61. The van der Waals surface area contributed by atoms with Crippen LogP contribution < -0.4 is 0 Å². The summed E-state index contributed by atoms with van der Waals surface area (Å²) in [5.74, 6) is 0.670. The molecular formula is C13H19F3N4O2. The predicted octanol–water partition coefficient (Wildman–Crippen LogP) is 1.75. The fraction of sp³-hybridized carbons (Fsp3) is 0.769. The minimum absolute atomic E-state index is 0.0347. The summed E-state index contributed by atoms with van der Waals surface area (Å²) >= 11 is 0. The van der Waals surface area contributed by atoms with Gasteiger partial charge in [-0.15, -0.1) is 0 Å². The Bertz CT molecular complexity index is 518. The highest BCUT2D eigenvalue weighted by Crippen LogP contribution is 2.23. The number of alkyl halides is 3. The molecule has 1 aromatic rings. The predicted molar refractivity (Wildman–Crippen MR) is 70.8 cm³/mol. The first-order valence-corrected chi connectivity index (χ1v) is 7.10. The first-order chi connectivity index (χ1) is 10.2. The third-order valence-corrected chi connectivity index (χ3v) is 3.69. The van der Waals surface area contributed by atoms with E-state index in [1.54, 1.807) is 16.7 Å². The van der Waals surface area contributed by atoms with Crippen LogP contribution in [0.5, 0.6) is 0 Å². The Balaban J connectivity index is 1.92. The lowest BCUT2D eigenvalue weighted by Crippen LogP contribution is -2.40. The minimum atomic E-state index is -4.15. The van der Waals surface area contributed by atoms with E-state index in [0.717, 1.165) is 0 Å². The lowest BCUT2D eigenvalue weighted by Gasteiger charge is -2.27. The number of likely N-dealkylation sites (tertiary alicyclic amines) is 1. The van der Waals surface area contributed by atoms with Crippen molar-refractivity contribution in [2.45, 2.75) is 45.5 Å². The molecule has 1 aliphatic rings. The molecule has 0 N–H and O–H groups in total. The van der Waals surface area contributed by atoms with Crippen LogP contribution in [0.1, 0.15) is 31.5 Å². The molecule has 1 fully saturated rings. The van der Waals surface area contributed by atoms with Gasteiger partial charge in [0.1, 0.15) is 0 Å². The Morgan fingerprint density at radius 1 is 1.50 bits per heavy atom. The number of carbonyl (C=O) groups excluding carboxylic acids is 1. The van der Waals surface area contributed by atoms with Crippen LogP contribution in [-0.2, 0) is 11.3 Å². The second-order valence-electron chi connectivity index (χ2n) is 5.48. The van der Waals surface area contributed by atoms with Crippen molar-refractivity contribution in [2.24, 2.45) is 0 Å². The largest absolute Gasteiger partial charge is 0.390 e. The van der Waals surface area contributed by atoms with E-state index in [0.29, 0.717) is 31.2 Å². The quantitative estimate of drug-likeness (QED) is 0.827. The van der Waals surface area contributed by atoms with Crippen molar-refractivity contribution < 1.29 is 22.5 Å². The fourth-order valence-corrected chi connectivity index (χ4v) is 2.61. The zero-order valence-electron chi connectivity index (χ0n) is 12.6. The molecule has 1 atom stereocenters. The highest BCUT2D eigenvalue weighted by molar-refractivity contribution is 5.73. The van der Waals surface area contributed by atoms with Gasteiger partial charge in [0.25, 0.3) is 0 Å². The summed E-state index contributed by atoms with van der Waals surface area (Å²) in [5, 5.41) is 3.75. The summed E-state index contributed by atoms with van der Waals surface area (Å²) in [7, 11) is 0. The summed E-state index contributed by atoms with van der Waals surface area (Å²) in [4.78, 5) is 19.2. The van der Waals surface area contributed by atoms with Gasteiger partial charge in [0.2, 0.25) is 11.8 Å². The lowest BCUT2D eigenvalue weighted by molar-refractivity contribution is -0.138. The highest BCUT2D eigenvalue weighted by Gasteiger charge is 2.33. The van der Waals surface area contributed by atoms with E-state index in [2.05, 4.69) is 10.1 Å². The maximum Gasteiger partial charge on any atom is 0.390 e. The summed E-state index contributed by atoms with van der Waals surface area (Å²) < 4.78 is 41.7. The van der Waals surface area contributed by atoms with Crippen molar-refractivity contribution in [1.82, 2.24) is 19.9 Å². The summed E-state index contributed by atoms with van der Waals surface area (Å²) in [6.45, 7) is 4.26. The Kier molecular flexibility index (Phi) is 5.05. The smallest absolute Gasteiger partial charge is 0.340 e. The van der Waals surface area contributed by atoms with Crippen molar-refractivity contribution in [1.29, 1.82) is 0 Å². The third kappa shape index (κ3) is 4.69. The molecule has 0 aromatic carbocycles. The van der Waals surface area contributed by atoms with E-state index in [4.69, 9.17) is 4.52 Å². The van der Waals surface area contributed by atoms with E-state index in [1.165, 1.54) is 6.92 Å². The molecule has 2 heterocycles. The van der Waals surface area contributed by atoms with E-state index in [-0.39, 0.29) is 25.0 Å². The number of hydrogen-bond donors (Lipinski definition) is 0. The monoisotopic (exact) mass is 320 g/mol. The molecule has 9 heteroatoms. The molecule has 1 aromatic heterocycles. The topological polar surface area (TPSA) is 62.5 Å². The van der Waals surface area contributed by atoms with E-state index in [1.807, 2.05) is 0 Å². The summed E-state index contributed by atoms with van der Waals surface area (Å²) in [6, 6.07) is -0.121. The van der Waals surface area contributed by atoms with Crippen molar-refractivity contribution in [3.63, 3.8) is 0 Å². The molecule has 0 aliphatic carbocycles. The van der Waals surface area contributed by atoms with Gasteiger partial charge in [-0.3, -0.25) is 4.79 Å². The number of amides is 1. The van der Waals surface area contributed by atoms with Crippen molar-refractivity contribution in [2.75, 3.05) is 19.6 Å². The van der Waals surface area contributed by atoms with Gasteiger partial charge in [-0.05, 0) is 6.42 Å². The molecule has 0 saturated carbocycles. The Morgan fingerprint density at radius 2 is 2.23 bits per heavy atom. The first-order valence-electron chi connectivity index (χ1n) is 7.10. The van der Waals surface area contributed by atoms with Crippen LogP contribution in [0.25, 0.3) is 0 Å². The molecule has 1 amide bonds. The normalized spacial score (nSPS) is 19.6.